The van der Waals surface area contributed by atoms with E-state index in [0.29, 0.717) is 5.69 Å². The number of methoxy groups -OCH3 is 1. The van der Waals surface area contributed by atoms with Crippen molar-refractivity contribution < 1.29 is 22.7 Å². The minimum atomic E-state index is -1.54. The lowest BCUT2D eigenvalue weighted by Crippen LogP contribution is -1.99. The number of aromatic nitrogens is 1. The standard InChI is InChI=1S/C12H9F3N2O2S/c1-5-10(11(18)19-2)20-12(16-5)17-6-3-7(13)9(15)8(14)4-6/h3-4H,1-2H3,(H,16,17). The zero-order valence-corrected chi connectivity index (χ0v) is 11.3. The molecule has 1 N–H and O–H groups in total. The zero-order valence-electron chi connectivity index (χ0n) is 10.5. The van der Waals surface area contributed by atoms with Gasteiger partial charge in [-0.1, -0.05) is 11.3 Å². The van der Waals surface area contributed by atoms with Gasteiger partial charge in [-0.05, 0) is 6.92 Å². The number of nitrogens with one attached hydrogen (secondary N) is 1. The Bertz CT molecular complexity index is 650. The molecule has 2 rings (SSSR count). The fourth-order valence-corrected chi connectivity index (χ4v) is 2.39. The highest BCUT2D eigenvalue weighted by Crippen LogP contribution is 2.27. The molecule has 20 heavy (non-hydrogen) atoms. The van der Waals surface area contributed by atoms with E-state index in [1.54, 1.807) is 6.92 Å². The summed E-state index contributed by atoms with van der Waals surface area (Å²) in [5, 5.41) is 2.85. The lowest BCUT2D eigenvalue weighted by molar-refractivity contribution is 0.0605. The van der Waals surface area contributed by atoms with Gasteiger partial charge in [-0.25, -0.2) is 22.9 Å². The van der Waals surface area contributed by atoms with Crippen LogP contribution in [0.25, 0.3) is 0 Å². The molecule has 0 saturated carbocycles. The molecule has 2 aromatic rings. The molecule has 0 bridgehead atoms. The highest BCUT2D eigenvalue weighted by atomic mass is 32.1. The number of anilines is 2. The molecule has 0 aliphatic heterocycles. The molecule has 1 aromatic carbocycles. The van der Waals surface area contributed by atoms with E-state index in [4.69, 9.17) is 0 Å². The van der Waals surface area contributed by atoms with Crippen molar-refractivity contribution in [3.8, 4) is 0 Å². The summed E-state index contributed by atoms with van der Waals surface area (Å²) in [5.41, 5.74) is 0.416. The van der Waals surface area contributed by atoms with Crippen molar-refractivity contribution in [3.63, 3.8) is 0 Å². The van der Waals surface area contributed by atoms with E-state index in [1.165, 1.54) is 7.11 Å². The molecule has 0 radical (unpaired) electrons. The Hall–Kier alpha value is -2.09. The van der Waals surface area contributed by atoms with E-state index in [9.17, 15) is 18.0 Å². The summed E-state index contributed by atoms with van der Waals surface area (Å²) in [6.45, 7) is 1.60. The number of esters is 1. The van der Waals surface area contributed by atoms with Crippen LogP contribution in [0.1, 0.15) is 15.4 Å². The van der Waals surface area contributed by atoms with Crippen LogP contribution in [0.2, 0.25) is 0 Å². The van der Waals surface area contributed by atoms with Crippen molar-refractivity contribution in [2.75, 3.05) is 12.4 Å². The Balaban J connectivity index is 2.29. The number of carbonyl (C=O) groups is 1. The van der Waals surface area contributed by atoms with Crippen LogP contribution in [0.4, 0.5) is 24.0 Å². The fourth-order valence-electron chi connectivity index (χ4n) is 1.48. The SMILES string of the molecule is COC(=O)c1sc(Nc2cc(F)c(F)c(F)c2)nc1C. The van der Waals surface area contributed by atoms with Gasteiger partial charge in [0.05, 0.1) is 12.8 Å². The Morgan fingerprint density at radius 2 is 1.90 bits per heavy atom. The maximum atomic E-state index is 13.1. The minimum Gasteiger partial charge on any atom is -0.465 e. The zero-order chi connectivity index (χ0) is 14.9. The number of rotatable bonds is 3. The maximum Gasteiger partial charge on any atom is 0.350 e. The third-order valence-electron chi connectivity index (χ3n) is 2.40. The van der Waals surface area contributed by atoms with Crippen LogP contribution in [-0.4, -0.2) is 18.1 Å². The van der Waals surface area contributed by atoms with Crippen molar-refractivity contribution in [3.05, 3.63) is 40.2 Å². The molecule has 0 spiro atoms. The number of benzene rings is 1. The second-order valence-electron chi connectivity index (χ2n) is 3.80. The predicted octanol–water partition coefficient (Wildman–Crippen LogP) is 3.40. The van der Waals surface area contributed by atoms with Crippen molar-refractivity contribution in [1.82, 2.24) is 4.98 Å². The first-order valence-corrected chi connectivity index (χ1v) is 6.21. The Morgan fingerprint density at radius 1 is 1.30 bits per heavy atom. The lowest BCUT2D eigenvalue weighted by Gasteiger charge is -2.03. The van der Waals surface area contributed by atoms with Crippen molar-refractivity contribution in [1.29, 1.82) is 0 Å². The van der Waals surface area contributed by atoms with Gasteiger partial charge in [0.1, 0.15) is 4.88 Å². The molecule has 1 aromatic heterocycles. The van der Waals surface area contributed by atoms with Gasteiger partial charge in [0.2, 0.25) is 0 Å². The van der Waals surface area contributed by atoms with Crippen molar-refractivity contribution >= 4 is 28.1 Å². The van der Waals surface area contributed by atoms with Crippen molar-refractivity contribution in [2.45, 2.75) is 6.92 Å². The van der Waals surface area contributed by atoms with E-state index in [1.807, 2.05) is 0 Å². The number of nitrogens with zero attached hydrogens (tertiary/aromatic N) is 1. The molecule has 8 heteroatoms. The number of ether oxygens (including phenoxy) is 1. The first kappa shape index (κ1) is 14.3. The Labute approximate surface area is 116 Å². The van der Waals surface area contributed by atoms with Crippen LogP contribution in [0.3, 0.4) is 0 Å². The third kappa shape index (κ3) is 2.74. The quantitative estimate of drug-likeness (QED) is 0.697. The smallest absolute Gasteiger partial charge is 0.350 e. The van der Waals surface area contributed by atoms with Gasteiger partial charge in [-0.2, -0.15) is 0 Å². The topological polar surface area (TPSA) is 51.2 Å². The van der Waals surface area contributed by atoms with Crippen LogP contribution in [0.15, 0.2) is 12.1 Å². The second-order valence-corrected chi connectivity index (χ2v) is 4.80. The summed E-state index contributed by atoms with van der Waals surface area (Å²) < 4.78 is 43.5. The van der Waals surface area contributed by atoms with E-state index in [0.717, 1.165) is 23.5 Å². The number of hydrogen-bond acceptors (Lipinski definition) is 5. The Morgan fingerprint density at radius 3 is 2.45 bits per heavy atom. The molecule has 0 unspecified atom stereocenters. The van der Waals surface area contributed by atoms with Gasteiger partial charge < -0.3 is 10.1 Å². The van der Waals surface area contributed by atoms with E-state index in [-0.39, 0.29) is 15.7 Å². The van der Waals surface area contributed by atoms with Gasteiger partial charge in [-0.15, -0.1) is 0 Å². The molecule has 0 saturated heterocycles. The molecular weight excluding hydrogens is 293 g/mol. The summed E-state index contributed by atoms with van der Waals surface area (Å²) in [6.07, 6.45) is 0. The van der Waals surface area contributed by atoms with Gasteiger partial charge in [0, 0.05) is 17.8 Å². The van der Waals surface area contributed by atoms with Gasteiger partial charge >= 0.3 is 5.97 Å². The average Bonchev–Trinajstić information content (AvgIpc) is 2.75. The molecule has 1 heterocycles. The molecule has 0 fully saturated rings. The predicted molar refractivity (Wildman–Crippen MR) is 67.8 cm³/mol. The summed E-state index contributed by atoms with van der Waals surface area (Å²) in [4.78, 5) is 15.7. The molecule has 0 aliphatic rings. The molecule has 0 aliphatic carbocycles. The number of aryl methyl sites for hydroxylation is 1. The maximum absolute atomic E-state index is 13.1. The normalized spacial score (nSPS) is 10.4. The largest absolute Gasteiger partial charge is 0.465 e. The number of thiazole rings is 1. The van der Waals surface area contributed by atoms with Crippen LogP contribution in [0.5, 0.6) is 0 Å². The summed E-state index contributed by atoms with van der Waals surface area (Å²) in [5.74, 6) is -4.71. The van der Waals surface area contributed by atoms with Crippen LogP contribution >= 0.6 is 11.3 Å². The van der Waals surface area contributed by atoms with Gasteiger partial charge in [-0.3, -0.25) is 0 Å². The van der Waals surface area contributed by atoms with Gasteiger partial charge in [0.15, 0.2) is 22.6 Å². The van der Waals surface area contributed by atoms with Crippen LogP contribution < -0.4 is 5.32 Å². The minimum absolute atomic E-state index is 0.00781. The highest BCUT2D eigenvalue weighted by Gasteiger charge is 2.17. The van der Waals surface area contributed by atoms with E-state index < -0.39 is 23.4 Å². The molecule has 0 atom stereocenters. The monoisotopic (exact) mass is 302 g/mol. The summed E-state index contributed by atoms with van der Waals surface area (Å²) in [7, 11) is 1.24. The van der Waals surface area contributed by atoms with Crippen molar-refractivity contribution in [2.24, 2.45) is 0 Å². The number of carbonyl (C=O) groups excluding carboxylic acids is 1. The molecule has 4 nitrogen and oxygen atoms in total. The highest BCUT2D eigenvalue weighted by molar-refractivity contribution is 7.17. The third-order valence-corrected chi connectivity index (χ3v) is 3.46. The summed E-state index contributed by atoms with van der Waals surface area (Å²) in [6, 6.07) is 1.60. The lowest BCUT2D eigenvalue weighted by atomic mass is 10.3. The first-order chi connectivity index (χ1) is 9.42. The second kappa shape index (κ2) is 5.49. The van der Waals surface area contributed by atoms with Crippen LogP contribution in [-0.2, 0) is 4.74 Å². The van der Waals surface area contributed by atoms with Gasteiger partial charge in [0.25, 0.3) is 0 Å². The number of halogens is 3. The van der Waals surface area contributed by atoms with E-state index in [2.05, 4.69) is 15.0 Å². The average molecular weight is 302 g/mol. The first-order valence-electron chi connectivity index (χ1n) is 5.39. The molecule has 0 amide bonds. The fraction of sp³-hybridized carbons (Fsp3) is 0.167. The molecular formula is C12H9F3N2O2S. The molecule has 106 valence electrons. The van der Waals surface area contributed by atoms with Crippen LogP contribution in [0, 0.1) is 24.4 Å². The number of hydrogen-bond donors (Lipinski definition) is 1. The van der Waals surface area contributed by atoms with E-state index >= 15 is 0 Å². The Kier molecular flexibility index (Phi) is 3.93. The summed E-state index contributed by atoms with van der Waals surface area (Å²) >= 11 is 0.968.